The minimum absolute atomic E-state index is 0.0122. The molecule has 2 rings (SSSR count). The van der Waals surface area contributed by atoms with Gasteiger partial charge in [-0.25, -0.2) is 4.98 Å². The number of ether oxygens (including phenoxy) is 1. The van der Waals surface area contributed by atoms with Gasteiger partial charge < -0.3 is 9.30 Å². The van der Waals surface area contributed by atoms with Crippen LogP contribution in [0.2, 0.25) is 0 Å². The van der Waals surface area contributed by atoms with Crippen molar-refractivity contribution < 1.29 is 4.74 Å². The Labute approximate surface area is 122 Å². The van der Waals surface area contributed by atoms with Crippen molar-refractivity contribution in [2.24, 2.45) is 7.05 Å². The third-order valence-electron chi connectivity index (χ3n) is 1.96. The molecule has 0 saturated heterocycles. The second-order valence-corrected chi connectivity index (χ2v) is 5.15. The maximum Gasteiger partial charge on any atom is 0.250 e. The van der Waals surface area contributed by atoms with Gasteiger partial charge in [0.05, 0.1) is 7.11 Å². The molecule has 0 spiro atoms. The van der Waals surface area contributed by atoms with Crippen molar-refractivity contribution in [3.8, 4) is 5.88 Å². The average Bonchev–Trinajstić information content (AvgIpc) is 2.36. The molecule has 0 fully saturated rings. The summed E-state index contributed by atoms with van der Waals surface area (Å²) in [7, 11) is 3.31. The van der Waals surface area contributed by atoms with Gasteiger partial charge in [-0.15, -0.1) is 0 Å². The number of methoxy groups -OCH3 is 1. The van der Waals surface area contributed by atoms with E-state index in [0.717, 1.165) is 8.95 Å². The molecule has 0 bridgehead atoms. The highest BCUT2D eigenvalue weighted by Gasteiger charge is 1.88. The second-order valence-electron chi connectivity index (χ2n) is 3.32. The quantitative estimate of drug-likeness (QED) is 0.769. The molecule has 18 heavy (non-hydrogen) atoms. The van der Waals surface area contributed by atoms with Crippen LogP contribution >= 0.6 is 31.9 Å². The molecule has 0 unspecified atom stereocenters. The van der Waals surface area contributed by atoms with E-state index < -0.39 is 0 Å². The molecule has 6 heteroatoms. The lowest BCUT2D eigenvalue weighted by molar-refractivity contribution is 0.397. The van der Waals surface area contributed by atoms with Crippen LogP contribution < -0.4 is 10.3 Å². The van der Waals surface area contributed by atoms with Crippen molar-refractivity contribution in [1.82, 2.24) is 9.55 Å². The standard InChI is InChI=1S/2C6H6BrNO/c1-9-6-3-2-5(7)4-8-6;1-8-4-5(7)2-3-6(8)9/h2*2-4H,1H3. The van der Waals surface area contributed by atoms with E-state index in [4.69, 9.17) is 4.74 Å². The molecule has 0 N–H and O–H groups in total. The van der Waals surface area contributed by atoms with Crippen molar-refractivity contribution in [3.05, 3.63) is 56.0 Å². The molecule has 0 aliphatic rings. The summed E-state index contributed by atoms with van der Waals surface area (Å²) in [5.74, 6) is 0.637. The van der Waals surface area contributed by atoms with Crippen molar-refractivity contribution in [2.45, 2.75) is 0 Å². The van der Waals surface area contributed by atoms with E-state index in [0.29, 0.717) is 5.88 Å². The smallest absolute Gasteiger partial charge is 0.250 e. The molecular formula is C12H12Br2N2O2. The molecule has 0 aliphatic heterocycles. The van der Waals surface area contributed by atoms with E-state index in [9.17, 15) is 4.79 Å². The molecule has 0 radical (unpaired) electrons. The van der Waals surface area contributed by atoms with Gasteiger partial charge in [0.25, 0.3) is 0 Å². The summed E-state index contributed by atoms with van der Waals surface area (Å²) in [4.78, 5) is 14.6. The summed E-state index contributed by atoms with van der Waals surface area (Å²) in [6.45, 7) is 0. The van der Waals surface area contributed by atoms with Gasteiger partial charge in [0, 0.05) is 40.5 Å². The highest BCUT2D eigenvalue weighted by molar-refractivity contribution is 9.10. The number of halogens is 2. The van der Waals surface area contributed by atoms with E-state index in [1.54, 1.807) is 38.7 Å². The summed E-state index contributed by atoms with van der Waals surface area (Å²) in [5, 5.41) is 0. The lowest BCUT2D eigenvalue weighted by Gasteiger charge is -1.94. The van der Waals surface area contributed by atoms with E-state index in [-0.39, 0.29) is 5.56 Å². The summed E-state index contributed by atoms with van der Waals surface area (Å²) in [5.41, 5.74) is 0.0122. The van der Waals surface area contributed by atoms with E-state index in [2.05, 4.69) is 36.8 Å². The molecule has 0 aliphatic carbocycles. The molecule has 0 aromatic carbocycles. The number of nitrogens with zero attached hydrogens (tertiary/aromatic N) is 2. The van der Waals surface area contributed by atoms with Gasteiger partial charge >= 0.3 is 0 Å². The van der Waals surface area contributed by atoms with Crippen LogP contribution in [0.5, 0.6) is 5.88 Å². The Morgan fingerprint density at radius 2 is 1.83 bits per heavy atom. The number of rotatable bonds is 1. The number of aryl methyl sites for hydroxylation is 1. The number of hydrogen-bond acceptors (Lipinski definition) is 3. The maximum atomic E-state index is 10.7. The number of aromatic nitrogens is 2. The fraction of sp³-hybridized carbons (Fsp3) is 0.167. The average molecular weight is 376 g/mol. The van der Waals surface area contributed by atoms with Gasteiger partial charge in [-0.3, -0.25) is 4.79 Å². The molecule has 0 saturated carbocycles. The number of pyridine rings is 2. The van der Waals surface area contributed by atoms with Crippen LogP contribution in [0.1, 0.15) is 0 Å². The van der Waals surface area contributed by atoms with E-state index >= 15 is 0 Å². The van der Waals surface area contributed by atoms with Gasteiger partial charge in [-0.1, -0.05) is 0 Å². The highest BCUT2D eigenvalue weighted by atomic mass is 79.9. The van der Waals surface area contributed by atoms with Crippen molar-refractivity contribution in [1.29, 1.82) is 0 Å². The van der Waals surface area contributed by atoms with Gasteiger partial charge in [0.2, 0.25) is 11.4 Å². The monoisotopic (exact) mass is 374 g/mol. The van der Waals surface area contributed by atoms with Crippen LogP contribution in [-0.2, 0) is 7.05 Å². The van der Waals surface area contributed by atoms with Crippen molar-refractivity contribution >= 4 is 31.9 Å². The Morgan fingerprint density at radius 1 is 1.17 bits per heavy atom. The first-order valence-electron chi connectivity index (χ1n) is 5.00. The zero-order valence-electron chi connectivity index (χ0n) is 9.93. The normalized spacial score (nSPS) is 9.33. The molecular weight excluding hydrogens is 364 g/mol. The Balaban J connectivity index is 0.000000180. The lowest BCUT2D eigenvalue weighted by Crippen LogP contribution is -2.13. The largest absolute Gasteiger partial charge is 0.481 e. The van der Waals surface area contributed by atoms with Gasteiger partial charge in [-0.05, 0) is 44.0 Å². The molecule has 0 atom stereocenters. The Kier molecular flexibility index (Phi) is 6.07. The zero-order chi connectivity index (χ0) is 13.5. The Morgan fingerprint density at radius 3 is 2.28 bits per heavy atom. The van der Waals surface area contributed by atoms with Gasteiger partial charge in [-0.2, -0.15) is 0 Å². The second kappa shape index (κ2) is 7.33. The van der Waals surface area contributed by atoms with E-state index in [1.807, 2.05) is 6.07 Å². The van der Waals surface area contributed by atoms with Gasteiger partial charge in [0.1, 0.15) is 0 Å². The fourth-order valence-electron chi connectivity index (χ4n) is 1.04. The van der Waals surface area contributed by atoms with Crippen molar-refractivity contribution in [2.75, 3.05) is 7.11 Å². The minimum atomic E-state index is 0.0122. The first-order valence-corrected chi connectivity index (χ1v) is 6.59. The summed E-state index contributed by atoms with van der Waals surface area (Å²) in [6.07, 6.45) is 3.42. The Bertz CT molecular complexity index is 553. The van der Waals surface area contributed by atoms with Crippen LogP contribution in [-0.4, -0.2) is 16.7 Å². The minimum Gasteiger partial charge on any atom is -0.481 e. The van der Waals surface area contributed by atoms with Crippen molar-refractivity contribution in [3.63, 3.8) is 0 Å². The summed E-state index contributed by atoms with van der Waals surface area (Å²) in [6, 6.07) is 6.92. The fourth-order valence-corrected chi connectivity index (χ4v) is 1.72. The van der Waals surface area contributed by atoms with Crippen LogP contribution in [0, 0.1) is 0 Å². The maximum absolute atomic E-state index is 10.7. The zero-order valence-corrected chi connectivity index (χ0v) is 13.1. The third-order valence-corrected chi connectivity index (χ3v) is 2.90. The Hall–Kier alpha value is -1.14. The molecule has 2 aromatic rings. The number of hydrogen-bond donors (Lipinski definition) is 0. The molecule has 0 amide bonds. The van der Waals surface area contributed by atoms with Crippen LogP contribution in [0.3, 0.4) is 0 Å². The van der Waals surface area contributed by atoms with Crippen LogP contribution in [0.25, 0.3) is 0 Å². The van der Waals surface area contributed by atoms with Crippen LogP contribution in [0.4, 0.5) is 0 Å². The van der Waals surface area contributed by atoms with Gasteiger partial charge in [0.15, 0.2) is 0 Å². The summed E-state index contributed by atoms with van der Waals surface area (Å²) < 4.78 is 8.24. The first-order chi connectivity index (χ1) is 8.52. The molecule has 2 heterocycles. The lowest BCUT2D eigenvalue weighted by atomic mass is 10.5. The predicted molar refractivity (Wildman–Crippen MR) is 77.9 cm³/mol. The summed E-state index contributed by atoms with van der Waals surface area (Å²) >= 11 is 6.49. The predicted octanol–water partition coefficient (Wildman–Crippen LogP) is 3.00. The highest BCUT2D eigenvalue weighted by Crippen LogP contribution is 2.10. The SMILES string of the molecule is COc1ccc(Br)cn1.Cn1cc(Br)ccc1=O. The first kappa shape index (κ1) is 14.9. The molecule has 2 aromatic heterocycles. The molecule has 96 valence electrons. The molecule has 4 nitrogen and oxygen atoms in total. The van der Waals surface area contributed by atoms with Crippen LogP contribution in [0.15, 0.2) is 50.4 Å². The van der Waals surface area contributed by atoms with E-state index in [1.165, 1.54) is 10.6 Å². The third kappa shape index (κ3) is 5.01. The topological polar surface area (TPSA) is 44.1 Å².